The Labute approximate surface area is 222 Å². The van der Waals surface area contributed by atoms with E-state index < -0.39 is 28.0 Å². The Balaban J connectivity index is 2.06. The molecule has 1 aromatic heterocycles. The molecule has 0 unspecified atom stereocenters. The highest BCUT2D eigenvalue weighted by molar-refractivity contribution is 7.88. The van der Waals surface area contributed by atoms with Crippen LogP contribution in [0.5, 0.6) is 17.4 Å². The lowest BCUT2D eigenvalue weighted by atomic mass is 10.1. The van der Waals surface area contributed by atoms with E-state index in [1.54, 1.807) is 30.7 Å². The Hall–Kier alpha value is -2.85. The quantitative estimate of drug-likeness (QED) is 0.249. The van der Waals surface area contributed by atoms with Gasteiger partial charge in [0.2, 0.25) is 5.88 Å². The SMILES string of the molecule is COCOc1ccc(CCOC(=O)NS(=O)(=O)NCCOC(C)C)c(Oc2ncc(C(F)(F)F)cc2Cl)c1. The number of carbonyl (C=O) groups excluding carboxylic acids is 1. The molecular formula is C22H27ClF3N3O8S. The molecular weight excluding hydrogens is 559 g/mol. The Bertz CT molecular complexity index is 1180. The van der Waals surface area contributed by atoms with E-state index in [-0.39, 0.29) is 55.7 Å². The molecule has 0 atom stereocenters. The molecule has 2 N–H and O–H groups in total. The van der Waals surface area contributed by atoms with Gasteiger partial charge in [-0.3, -0.25) is 0 Å². The predicted molar refractivity (Wildman–Crippen MR) is 129 cm³/mol. The van der Waals surface area contributed by atoms with Crippen molar-refractivity contribution in [1.29, 1.82) is 0 Å². The number of halogens is 4. The maximum Gasteiger partial charge on any atom is 0.421 e. The van der Waals surface area contributed by atoms with Gasteiger partial charge in [0, 0.05) is 32.3 Å². The lowest BCUT2D eigenvalue weighted by Crippen LogP contribution is -2.42. The van der Waals surface area contributed by atoms with Gasteiger partial charge >= 0.3 is 22.5 Å². The van der Waals surface area contributed by atoms with Crippen LogP contribution in [0.4, 0.5) is 18.0 Å². The van der Waals surface area contributed by atoms with E-state index in [9.17, 15) is 26.4 Å². The number of alkyl halides is 3. The van der Waals surface area contributed by atoms with Gasteiger partial charge in [0.1, 0.15) is 16.5 Å². The van der Waals surface area contributed by atoms with E-state index in [1.807, 2.05) is 0 Å². The Morgan fingerprint density at radius 3 is 2.55 bits per heavy atom. The van der Waals surface area contributed by atoms with Crippen molar-refractivity contribution >= 4 is 27.9 Å². The minimum Gasteiger partial charge on any atom is -0.467 e. The van der Waals surface area contributed by atoms with E-state index in [0.717, 1.165) is 0 Å². The first-order chi connectivity index (χ1) is 17.8. The third-order valence-electron chi connectivity index (χ3n) is 4.39. The molecule has 0 aliphatic heterocycles. The molecule has 0 bridgehead atoms. The number of amides is 1. The van der Waals surface area contributed by atoms with Gasteiger partial charge in [0.25, 0.3) is 0 Å². The average Bonchev–Trinajstić information content (AvgIpc) is 2.81. The van der Waals surface area contributed by atoms with Crippen LogP contribution in [-0.4, -0.2) is 59.3 Å². The molecule has 0 spiro atoms. The van der Waals surface area contributed by atoms with Crippen LogP contribution in [0, 0.1) is 0 Å². The molecule has 2 rings (SSSR count). The molecule has 0 saturated carbocycles. The van der Waals surface area contributed by atoms with E-state index in [1.165, 1.54) is 13.2 Å². The maximum atomic E-state index is 12.9. The summed E-state index contributed by atoms with van der Waals surface area (Å²) in [6, 6.07) is 5.19. The fourth-order valence-corrected chi connectivity index (χ4v) is 3.62. The molecule has 1 aromatic carbocycles. The van der Waals surface area contributed by atoms with Crippen molar-refractivity contribution in [3.63, 3.8) is 0 Å². The minimum absolute atomic E-state index is 0.0290. The van der Waals surface area contributed by atoms with Gasteiger partial charge in [0.15, 0.2) is 6.79 Å². The first kappa shape index (κ1) is 31.4. The molecule has 0 fully saturated rings. The molecule has 0 saturated heterocycles. The number of methoxy groups -OCH3 is 1. The summed E-state index contributed by atoms with van der Waals surface area (Å²) in [5, 5.41) is -0.388. The van der Waals surface area contributed by atoms with Crippen molar-refractivity contribution in [3.8, 4) is 17.4 Å². The van der Waals surface area contributed by atoms with E-state index >= 15 is 0 Å². The maximum absolute atomic E-state index is 12.9. The second-order valence-electron chi connectivity index (χ2n) is 7.74. The van der Waals surface area contributed by atoms with Crippen LogP contribution in [0.25, 0.3) is 0 Å². The molecule has 16 heteroatoms. The normalized spacial score (nSPS) is 11.9. The van der Waals surface area contributed by atoms with Gasteiger partial charge in [-0.15, -0.1) is 0 Å². The Morgan fingerprint density at radius 2 is 1.92 bits per heavy atom. The predicted octanol–water partition coefficient (Wildman–Crippen LogP) is 4.06. The van der Waals surface area contributed by atoms with Crippen LogP contribution >= 0.6 is 11.6 Å². The van der Waals surface area contributed by atoms with E-state index in [4.69, 9.17) is 35.3 Å². The minimum atomic E-state index is -4.64. The Kier molecular flexibility index (Phi) is 11.8. The molecule has 212 valence electrons. The topological polar surface area (TPSA) is 134 Å². The molecule has 2 aromatic rings. The summed E-state index contributed by atoms with van der Waals surface area (Å²) in [5.74, 6) is 0.0872. The number of carbonyl (C=O) groups is 1. The first-order valence-electron chi connectivity index (χ1n) is 11.0. The third-order valence-corrected chi connectivity index (χ3v) is 5.68. The van der Waals surface area contributed by atoms with Gasteiger partial charge in [-0.05, 0) is 31.5 Å². The van der Waals surface area contributed by atoms with Crippen LogP contribution in [-0.2, 0) is 37.0 Å². The number of nitrogens with zero attached hydrogens (tertiary/aromatic N) is 1. The summed E-state index contributed by atoms with van der Waals surface area (Å²) >= 11 is 5.94. The van der Waals surface area contributed by atoms with Crippen molar-refractivity contribution in [3.05, 3.63) is 46.6 Å². The smallest absolute Gasteiger partial charge is 0.421 e. The molecule has 1 amide bonds. The Morgan fingerprint density at radius 1 is 1.18 bits per heavy atom. The summed E-state index contributed by atoms with van der Waals surface area (Å²) < 4.78 is 92.4. The zero-order valence-electron chi connectivity index (χ0n) is 20.6. The number of nitrogens with one attached hydrogen (secondary N) is 2. The van der Waals surface area contributed by atoms with Crippen molar-refractivity contribution in [2.24, 2.45) is 0 Å². The van der Waals surface area contributed by atoms with E-state index in [0.29, 0.717) is 23.6 Å². The fourth-order valence-electron chi connectivity index (χ4n) is 2.71. The lowest BCUT2D eigenvalue weighted by Gasteiger charge is -2.15. The summed E-state index contributed by atoms with van der Waals surface area (Å²) in [4.78, 5) is 15.6. The highest BCUT2D eigenvalue weighted by atomic mass is 35.5. The van der Waals surface area contributed by atoms with Gasteiger partial charge in [-0.25, -0.2) is 14.5 Å². The number of rotatable bonds is 14. The van der Waals surface area contributed by atoms with Crippen molar-refractivity contribution in [2.45, 2.75) is 32.5 Å². The van der Waals surface area contributed by atoms with Crippen molar-refractivity contribution in [1.82, 2.24) is 14.4 Å². The van der Waals surface area contributed by atoms with Crippen LogP contribution in [0.2, 0.25) is 5.02 Å². The van der Waals surface area contributed by atoms with Gasteiger partial charge in [-0.2, -0.15) is 26.3 Å². The van der Waals surface area contributed by atoms with Gasteiger partial charge in [0.05, 0.1) is 24.9 Å². The number of aromatic nitrogens is 1. The second-order valence-corrected chi connectivity index (χ2v) is 9.64. The van der Waals surface area contributed by atoms with Crippen LogP contribution in [0.15, 0.2) is 30.5 Å². The van der Waals surface area contributed by atoms with Gasteiger partial charge < -0.3 is 23.7 Å². The number of hydrogen-bond acceptors (Lipinski definition) is 9. The van der Waals surface area contributed by atoms with Crippen LogP contribution < -0.4 is 18.9 Å². The number of hydrogen-bond donors (Lipinski definition) is 2. The molecule has 1 heterocycles. The molecule has 0 aliphatic carbocycles. The highest BCUT2D eigenvalue weighted by Crippen LogP contribution is 2.36. The first-order valence-corrected chi connectivity index (χ1v) is 12.9. The van der Waals surface area contributed by atoms with Crippen LogP contribution in [0.1, 0.15) is 25.0 Å². The molecule has 11 nitrogen and oxygen atoms in total. The zero-order valence-corrected chi connectivity index (χ0v) is 22.2. The molecule has 38 heavy (non-hydrogen) atoms. The monoisotopic (exact) mass is 585 g/mol. The summed E-state index contributed by atoms with van der Waals surface area (Å²) in [6.07, 6.45) is -5.35. The number of pyridine rings is 1. The average molecular weight is 586 g/mol. The largest absolute Gasteiger partial charge is 0.467 e. The summed E-state index contributed by atoms with van der Waals surface area (Å²) in [7, 11) is -2.75. The standard InChI is InChI=1S/C22H27ClF3N3O8S/c1-14(2)34-9-7-28-38(31,32)29-21(30)35-8-6-15-4-5-17(36-13-33-3)11-19(15)37-20-18(23)10-16(12-27-20)22(24,25)26/h4-5,10-12,14,28H,6-9,13H2,1-3H3,(H,29,30). The zero-order chi connectivity index (χ0) is 28.3. The summed E-state index contributed by atoms with van der Waals surface area (Å²) in [6.45, 7) is 3.26. The third kappa shape index (κ3) is 10.9. The highest BCUT2D eigenvalue weighted by Gasteiger charge is 2.32. The summed E-state index contributed by atoms with van der Waals surface area (Å²) in [5.41, 5.74) is -0.629. The second kappa shape index (κ2) is 14.3. The number of benzene rings is 1. The van der Waals surface area contributed by atoms with E-state index in [2.05, 4.69) is 9.71 Å². The van der Waals surface area contributed by atoms with Crippen molar-refractivity contribution < 1.29 is 50.1 Å². The fraction of sp³-hybridized carbons (Fsp3) is 0.455. The molecule has 0 aliphatic rings. The van der Waals surface area contributed by atoms with Crippen LogP contribution in [0.3, 0.4) is 0 Å². The number of ether oxygens (including phenoxy) is 5. The van der Waals surface area contributed by atoms with Crippen molar-refractivity contribution in [2.75, 3.05) is 33.7 Å². The lowest BCUT2D eigenvalue weighted by molar-refractivity contribution is -0.137. The molecule has 0 radical (unpaired) electrons. The van der Waals surface area contributed by atoms with Gasteiger partial charge in [-0.1, -0.05) is 17.7 Å².